The van der Waals surface area contributed by atoms with Crippen molar-refractivity contribution in [3.63, 3.8) is 0 Å². The summed E-state index contributed by atoms with van der Waals surface area (Å²) < 4.78 is 11.1. The molecule has 4 nitrogen and oxygen atoms in total. The normalized spacial score (nSPS) is 15.6. The quantitative estimate of drug-likeness (QED) is 0.793. The highest BCUT2D eigenvalue weighted by Crippen LogP contribution is 2.32. The molecule has 0 radical (unpaired) electrons. The first-order valence-electron chi connectivity index (χ1n) is 5.06. The van der Waals surface area contributed by atoms with Crippen LogP contribution < -0.4 is 15.4 Å². The molecule has 0 aromatic heterocycles. The third-order valence-corrected chi connectivity index (χ3v) is 3.59. The van der Waals surface area contributed by atoms with E-state index >= 15 is 0 Å². The molecule has 2 rings (SSSR count). The molecule has 0 bridgehead atoms. The predicted octanol–water partition coefficient (Wildman–Crippen LogP) is 1.58. The van der Waals surface area contributed by atoms with Crippen LogP contribution in [0.4, 0.5) is 0 Å². The van der Waals surface area contributed by atoms with Gasteiger partial charge in [-0.05, 0) is 17.7 Å². The van der Waals surface area contributed by atoms with Gasteiger partial charge in [0.15, 0.2) is 11.5 Å². The lowest BCUT2D eigenvalue weighted by atomic mass is 10.2. The number of hydrogen-bond acceptors (Lipinski definition) is 5. The van der Waals surface area contributed by atoms with Crippen LogP contribution in [0, 0.1) is 0 Å². The highest BCUT2D eigenvalue weighted by atomic mass is 32.2. The monoisotopic (exact) mass is 241 g/mol. The zero-order valence-electron chi connectivity index (χ0n) is 9.14. The Morgan fingerprint density at radius 3 is 2.75 bits per heavy atom. The van der Waals surface area contributed by atoms with Crippen LogP contribution in [0.2, 0.25) is 0 Å². The number of rotatable bonds is 5. The molecule has 1 aromatic carbocycles. The number of thioether (sulfide) groups is 1. The van der Waals surface area contributed by atoms with E-state index in [4.69, 9.17) is 15.4 Å². The molecule has 16 heavy (non-hydrogen) atoms. The zero-order valence-corrected chi connectivity index (χ0v) is 9.96. The first-order chi connectivity index (χ1) is 7.83. The average Bonchev–Trinajstić information content (AvgIpc) is 2.24. The van der Waals surface area contributed by atoms with E-state index in [-0.39, 0.29) is 0 Å². The molecule has 88 valence electrons. The lowest BCUT2D eigenvalue weighted by Gasteiger charge is -2.26. The SMILES string of the molecule is COc1ccc(CON)cc1OC1CSC1. The smallest absolute Gasteiger partial charge is 0.162 e. The molecule has 1 saturated heterocycles. The van der Waals surface area contributed by atoms with Gasteiger partial charge in [0.25, 0.3) is 0 Å². The molecule has 1 fully saturated rings. The van der Waals surface area contributed by atoms with E-state index in [1.54, 1.807) is 7.11 Å². The van der Waals surface area contributed by atoms with Gasteiger partial charge in [-0.2, -0.15) is 11.8 Å². The van der Waals surface area contributed by atoms with Gasteiger partial charge in [-0.25, -0.2) is 5.90 Å². The lowest BCUT2D eigenvalue weighted by Crippen LogP contribution is -2.31. The standard InChI is InChI=1S/C11H15NO3S/c1-13-10-3-2-8(5-14-12)4-11(10)15-9-6-16-7-9/h2-4,9H,5-7,12H2,1H3. The Hall–Kier alpha value is -0.910. The highest BCUT2D eigenvalue weighted by Gasteiger charge is 2.21. The van der Waals surface area contributed by atoms with Crippen LogP contribution in [0.5, 0.6) is 11.5 Å². The van der Waals surface area contributed by atoms with Gasteiger partial charge < -0.3 is 9.47 Å². The summed E-state index contributed by atoms with van der Waals surface area (Å²) in [6.45, 7) is 0.375. The van der Waals surface area contributed by atoms with Crippen molar-refractivity contribution in [1.82, 2.24) is 0 Å². The van der Waals surface area contributed by atoms with Gasteiger partial charge in [0, 0.05) is 11.5 Å². The fourth-order valence-electron chi connectivity index (χ4n) is 1.46. The van der Waals surface area contributed by atoms with Crippen LogP contribution >= 0.6 is 11.8 Å². The van der Waals surface area contributed by atoms with Gasteiger partial charge >= 0.3 is 0 Å². The van der Waals surface area contributed by atoms with Gasteiger partial charge in [-0.3, -0.25) is 4.84 Å². The van der Waals surface area contributed by atoms with Crippen LogP contribution in [0.15, 0.2) is 18.2 Å². The maximum atomic E-state index is 5.82. The van der Waals surface area contributed by atoms with E-state index < -0.39 is 0 Å². The summed E-state index contributed by atoms with van der Waals surface area (Å²) in [6, 6.07) is 5.69. The van der Waals surface area contributed by atoms with Crippen molar-refractivity contribution >= 4 is 11.8 Å². The fourth-order valence-corrected chi connectivity index (χ4v) is 2.03. The van der Waals surface area contributed by atoms with E-state index in [1.165, 1.54) is 0 Å². The largest absolute Gasteiger partial charge is 0.493 e. The number of hydrogen-bond donors (Lipinski definition) is 1. The van der Waals surface area contributed by atoms with Crippen molar-refractivity contribution in [2.75, 3.05) is 18.6 Å². The number of methoxy groups -OCH3 is 1. The molecule has 1 aliphatic heterocycles. The van der Waals surface area contributed by atoms with E-state index in [0.29, 0.717) is 12.7 Å². The summed E-state index contributed by atoms with van der Waals surface area (Å²) in [5.41, 5.74) is 0.977. The van der Waals surface area contributed by atoms with Crippen molar-refractivity contribution in [2.45, 2.75) is 12.7 Å². The number of nitrogens with two attached hydrogens (primary N) is 1. The van der Waals surface area contributed by atoms with Crippen LogP contribution in [0.3, 0.4) is 0 Å². The molecule has 0 atom stereocenters. The Labute approximate surface area is 99.0 Å². The Balaban J connectivity index is 2.13. The van der Waals surface area contributed by atoms with Gasteiger partial charge in [0.05, 0.1) is 13.7 Å². The third-order valence-electron chi connectivity index (χ3n) is 2.38. The van der Waals surface area contributed by atoms with Gasteiger partial charge in [-0.15, -0.1) is 0 Å². The minimum absolute atomic E-state index is 0.299. The molecule has 5 heteroatoms. The molecule has 0 amide bonds. The van der Waals surface area contributed by atoms with E-state index in [9.17, 15) is 0 Å². The molecular formula is C11H15NO3S. The summed E-state index contributed by atoms with van der Waals surface area (Å²) in [7, 11) is 1.64. The Bertz CT molecular complexity index is 355. The Kier molecular flexibility index (Phi) is 3.93. The van der Waals surface area contributed by atoms with E-state index in [1.807, 2.05) is 30.0 Å². The summed E-state index contributed by atoms with van der Waals surface area (Å²) in [6.07, 6.45) is 0.299. The number of ether oxygens (including phenoxy) is 2. The second kappa shape index (κ2) is 5.43. The van der Waals surface area contributed by atoms with Gasteiger partial charge in [-0.1, -0.05) is 6.07 Å². The second-order valence-electron chi connectivity index (χ2n) is 3.57. The molecule has 0 unspecified atom stereocenters. The van der Waals surface area contributed by atoms with Crippen molar-refractivity contribution in [2.24, 2.45) is 5.90 Å². The molecule has 1 heterocycles. The summed E-state index contributed by atoms with van der Waals surface area (Å²) >= 11 is 1.88. The molecule has 0 spiro atoms. The molecule has 0 saturated carbocycles. The van der Waals surface area contributed by atoms with Crippen molar-refractivity contribution < 1.29 is 14.3 Å². The fraction of sp³-hybridized carbons (Fsp3) is 0.455. The summed E-state index contributed by atoms with van der Waals surface area (Å²) in [4.78, 5) is 4.60. The van der Waals surface area contributed by atoms with Gasteiger partial charge in [0.1, 0.15) is 6.10 Å². The van der Waals surface area contributed by atoms with E-state index in [0.717, 1.165) is 28.6 Å². The molecule has 1 aliphatic rings. The molecular weight excluding hydrogens is 226 g/mol. The van der Waals surface area contributed by atoms with Crippen LogP contribution in [-0.2, 0) is 11.4 Å². The minimum Gasteiger partial charge on any atom is -0.493 e. The van der Waals surface area contributed by atoms with Crippen LogP contribution in [0.1, 0.15) is 5.56 Å². The Morgan fingerprint density at radius 2 is 2.19 bits per heavy atom. The first-order valence-corrected chi connectivity index (χ1v) is 6.22. The zero-order chi connectivity index (χ0) is 11.4. The molecule has 1 aromatic rings. The molecule has 0 aliphatic carbocycles. The number of benzene rings is 1. The second-order valence-corrected chi connectivity index (χ2v) is 4.65. The highest BCUT2D eigenvalue weighted by molar-refractivity contribution is 8.00. The Morgan fingerprint density at radius 1 is 1.38 bits per heavy atom. The predicted molar refractivity (Wildman–Crippen MR) is 63.7 cm³/mol. The van der Waals surface area contributed by atoms with Crippen molar-refractivity contribution in [3.05, 3.63) is 23.8 Å². The maximum absolute atomic E-state index is 5.82. The summed E-state index contributed by atoms with van der Waals surface area (Å²) in [5, 5.41) is 0. The van der Waals surface area contributed by atoms with Crippen LogP contribution in [-0.4, -0.2) is 24.7 Å². The minimum atomic E-state index is 0.299. The van der Waals surface area contributed by atoms with Gasteiger partial charge in [0.2, 0.25) is 0 Å². The van der Waals surface area contributed by atoms with Crippen LogP contribution in [0.25, 0.3) is 0 Å². The van der Waals surface area contributed by atoms with E-state index in [2.05, 4.69) is 4.84 Å². The maximum Gasteiger partial charge on any atom is 0.162 e. The van der Waals surface area contributed by atoms with Crippen molar-refractivity contribution in [3.8, 4) is 11.5 Å². The third kappa shape index (κ3) is 2.61. The average molecular weight is 241 g/mol. The van der Waals surface area contributed by atoms with Crippen molar-refractivity contribution in [1.29, 1.82) is 0 Å². The molecule has 2 N–H and O–H groups in total. The topological polar surface area (TPSA) is 53.7 Å². The lowest BCUT2D eigenvalue weighted by molar-refractivity contribution is 0.123. The first kappa shape index (κ1) is 11.6. The summed E-state index contributed by atoms with van der Waals surface area (Å²) in [5.74, 6) is 8.64.